The number of hydrogen-bond donors (Lipinski definition) is 2. The highest BCUT2D eigenvalue weighted by molar-refractivity contribution is 7.10. The Morgan fingerprint density at radius 3 is 2.43 bits per heavy atom. The van der Waals surface area contributed by atoms with Crippen LogP contribution in [0.2, 0.25) is 0 Å². The number of hydrogen-bond acceptors (Lipinski definition) is 5. The largest absolute Gasteiger partial charge is 0.497 e. The van der Waals surface area contributed by atoms with Crippen LogP contribution in [-0.4, -0.2) is 30.9 Å². The zero-order chi connectivity index (χ0) is 26.2. The van der Waals surface area contributed by atoms with Crippen molar-refractivity contribution in [2.24, 2.45) is 0 Å². The normalized spacial score (nSPS) is 14.4. The van der Waals surface area contributed by atoms with Gasteiger partial charge in [0.15, 0.2) is 0 Å². The Balaban J connectivity index is 1.76. The molecule has 0 saturated heterocycles. The second-order valence-electron chi connectivity index (χ2n) is 9.27. The number of ether oxygens (including phenoxy) is 1. The molecule has 7 nitrogen and oxygen atoms in total. The first-order valence-electron chi connectivity index (χ1n) is 12.6. The summed E-state index contributed by atoms with van der Waals surface area (Å²) in [5.41, 5.74) is 1.85. The summed E-state index contributed by atoms with van der Waals surface area (Å²) in [6.45, 7) is 1.44. The number of amides is 3. The quantitative estimate of drug-likeness (QED) is 0.392. The summed E-state index contributed by atoms with van der Waals surface area (Å²) in [4.78, 5) is 41.8. The predicted molar refractivity (Wildman–Crippen MR) is 147 cm³/mol. The van der Waals surface area contributed by atoms with Gasteiger partial charge in [0.1, 0.15) is 11.8 Å². The molecule has 2 N–H and O–H groups in total. The maximum absolute atomic E-state index is 13.9. The van der Waals surface area contributed by atoms with E-state index in [1.54, 1.807) is 36.3 Å². The van der Waals surface area contributed by atoms with E-state index in [9.17, 15) is 14.4 Å². The molecule has 1 saturated carbocycles. The fraction of sp³-hybridized carbons (Fsp3) is 0.345. The number of carbonyl (C=O) groups excluding carboxylic acids is 3. The van der Waals surface area contributed by atoms with Crippen LogP contribution < -0.4 is 20.3 Å². The second kappa shape index (κ2) is 12.5. The van der Waals surface area contributed by atoms with Gasteiger partial charge < -0.3 is 15.4 Å². The first-order valence-corrected chi connectivity index (χ1v) is 13.5. The van der Waals surface area contributed by atoms with Gasteiger partial charge in [0, 0.05) is 29.2 Å². The lowest BCUT2D eigenvalue weighted by molar-refractivity contribution is -0.127. The van der Waals surface area contributed by atoms with E-state index >= 15 is 0 Å². The van der Waals surface area contributed by atoms with Gasteiger partial charge in [-0.05, 0) is 66.2 Å². The molecule has 4 rings (SSSR count). The van der Waals surface area contributed by atoms with E-state index < -0.39 is 6.04 Å². The molecule has 8 heteroatoms. The predicted octanol–water partition coefficient (Wildman–Crippen LogP) is 5.48. The molecule has 2 aromatic carbocycles. The maximum atomic E-state index is 13.9. The van der Waals surface area contributed by atoms with Crippen molar-refractivity contribution in [1.82, 2.24) is 5.32 Å². The zero-order valence-corrected chi connectivity index (χ0v) is 22.1. The average Bonchev–Trinajstić information content (AvgIpc) is 3.41. The Bertz CT molecular complexity index is 1200. The molecule has 0 bridgehead atoms. The van der Waals surface area contributed by atoms with Crippen LogP contribution in [0.25, 0.3) is 0 Å². The number of carbonyl (C=O) groups is 3. The number of nitrogens with one attached hydrogen (secondary N) is 2. The molecule has 1 aromatic heterocycles. The van der Waals surface area contributed by atoms with E-state index in [1.165, 1.54) is 24.7 Å². The summed E-state index contributed by atoms with van der Waals surface area (Å²) in [5, 5.41) is 7.92. The van der Waals surface area contributed by atoms with E-state index in [0.717, 1.165) is 30.6 Å². The topological polar surface area (TPSA) is 87.7 Å². The monoisotopic (exact) mass is 519 g/mol. The Morgan fingerprint density at radius 2 is 1.78 bits per heavy atom. The minimum Gasteiger partial charge on any atom is -0.497 e. The van der Waals surface area contributed by atoms with Gasteiger partial charge in [0.05, 0.1) is 13.5 Å². The molecule has 3 aromatic rings. The van der Waals surface area contributed by atoms with Crippen molar-refractivity contribution < 1.29 is 19.1 Å². The summed E-state index contributed by atoms with van der Waals surface area (Å²) in [5.74, 6) is 0.0195. The van der Waals surface area contributed by atoms with Crippen LogP contribution in [0.15, 0.2) is 66.0 Å². The lowest BCUT2D eigenvalue weighted by atomic mass is 9.94. The number of benzene rings is 2. The van der Waals surface area contributed by atoms with E-state index in [2.05, 4.69) is 10.6 Å². The third kappa shape index (κ3) is 6.98. The number of thiophene rings is 1. The Morgan fingerprint density at radius 1 is 1.03 bits per heavy atom. The van der Waals surface area contributed by atoms with Crippen LogP contribution >= 0.6 is 11.3 Å². The van der Waals surface area contributed by atoms with E-state index in [1.807, 2.05) is 41.8 Å². The highest BCUT2D eigenvalue weighted by Gasteiger charge is 2.34. The summed E-state index contributed by atoms with van der Waals surface area (Å²) in [6.07, 6.45) is 5.39. The van der Waals surface area contributed by atoms with Crippen molar-refractivity contribution in [2.75, 3.05) is 17.3 Å². The van der Waals surface area contributed by atoms with Crippen molar-refractivity contribution >= 4 is 40.4 Å². The molecule has 1 heterocycles. The average molecular weight is 520 g/mol. The zero-order valence-electron chi connectivity index (χ0n) is 21.2. The van der Waals surface area contributed by atoms with Gasteiger partial charge >= 0.3 is 0 Å². The smallest absolute Gasteiger partial charge is 0.248 e. The number of rotatable bonds is 9. The summed E-state index contributed by atoms with van der Waals surface area (Å²) in [6, 6.07) is 17.3. The Labute approximate surface area is 221 Å². The molecular formula is C29H33N3O4S. The number of methoxy groups -OCH3 is 1. The third-order valence-electron chi connectivity index (χ3n) is 6.51. The fourth-order valence-corrected chi connectivity index (χ4v) is 5.45. The molecule has 0 radical (unpaired) electrons. The van der Waals surface area contributed by atoms with Crippen molar-refractivity contribution in [3.05, 3.63) is 76.5 Å². The molecular weight excluding hydrogens is 486 g/mol. The van der Waals surface area contributed by atoms with Gasteiger partial charge in [-0.15, -0.1) is 11.3 Å². The molecule has 37 heavy (non-hydrogen) atoms. The highest BCUT2D eigenvalue weighted by Crippen LogP contribution is 2.32. The van der Waals surface area contributed by atoms with Gasteiger partial charge in [-0.25, -0.2) is 0 Å². The molecule has 0 unspecified atom stereocenters. The van der Waals surface area contributed by atoms with Crippen LogP contribution in [0, 0.1) is 0 Å². The molecule has 1 fully saturated rings. The van der Waals surface area contributed by atoms with E-state index in [0.29, 0.717) is 22.7 Å². The molecule has 0 aliphatic heterocycles. The second-order valence-corrected chi connectivity index (χ2v) is 10.3. The van der Waals surface area contributed by atoms with Crippen molar-refractivity contribution in [2.45, 2.75) is 57.5 Å². The van der Waals surface area contributed by atoms with Crippen molar-refractivity contribution in [3.63, 3.8) is 0 Å². The Hall–Kier alpha value is -3.65. The first kappa shape index (κ1) is 26.4. The van der Waals surface area contributed by atoms with E-state index in [4.69, 9.17) is 4.74 Å². The van der Waals surface area contributed by atoms with Crippen LogP contribution in [0.5, 0.6) is 5.75 Å². The van der Waals surface area contributed by atoms with Crippen molar-refractivity contribution in [3.8, 4) is 5.75 Å². The van der Waals surface area contributed by atoms with E-state index in [-0.39, 0.29) is 30.2 Å². The fourth-order valence-electron chi connectivity index (χ4n) is 4.75. The molecule has 194 valence electrons. The van der Waals surface area contributed by atoms with Gasteiger partial charge in [-0.1, -0.05) is 37.5 Å². The minimum atomic E-state index is -0.892. The first-order chi connectivity index (χ1) is 17.9. The summed E-state index contributed by atoms with van der Waals surface area (Å²) < 4.78 is 5.44. The van der Waals surface area contributed by atoms with Crippen LogP contribution in [0.3, 0.4) is 0 Å². The summed E-state index contributed by atoms with van der Waals surface area (Å²) >= 11 is 1.51. The SMILES string of the molecule is COc1cccc([C@H](C(=O)NC2CCCCC2)N(C(=O)Cc2cccs2)c2ccc(NC(C)=O)cc2)c1. The van der Waals surface area contributed by atoms with Gasteiger partial charge in [0.2, 0.25) is 17.7 Å². The van der Waals surface area contributed by atoms with Crippen LogP contribution in [0.1, 0.15) is 55.5 Å². The summed E-state index contributed by atoms with van der Waals surface area (Å²) in [7, 11) is 1.58. The van der Waals surface area contributed by atoms with Crippen molar-refractivity contribution in [1.29, 1.82) is 0 Å². The highest BCUT2D eigenvalue weighted by atomic mass is 32.1. The standard InChI is InChI=1S/C29H33N3O4S/c1-20(33)30-23-13-15-24(16-14-23)32(27(34)19-26-12-7-17-37-26)28(21-8-6-11-25(18-21)36-2)29(35)31-22-9-4-3-5-10-22/h6-8,11-18,22,28H,3-5,9-10,19H2,1-2H3,(H,30,33)(H,31,35)/t28-/m1/s1. The van der Waals surface area contributed by atoms with Crippen LogP contribution in [-0.2, 0) is 20.8 Å². The Kier molecular flexibility index (Phi) is 8.95. The number of anilines is 2. The third-order valence-corrected chi connectivity index (χ3v) is 7.38. The molecule has 1 aliphatic rings. The van der Waals surface area contributed by atoms with Gasteiger partial charge in [-0.3, -0.25) is 19.3 Å². The molecule has 3 amide bonds. The van der Waals surface area contributed by atoms with Crippen LogP contribution in [0.4, 0.5) is 11.4 Å². The maximum Gasteiger partial charge on any atom is 0.248 e. The minimum absolute atomic E-state index is 0.0887. The molecule has 1 atom stereocenters. The van der Waals surface area contributed by atoms with Gasteiger partial charge in [0.25, 0.3) is 0 Å². The molecule has 0 spiro atoms. The number of nitrogens with zero attached hydrogens (tertiary/aromatic N) is 1. The lowest BCUT2D eigenvalue weighted by Crippen LogP contribution is -2.47. The lowest BCUT2D eigenvalue weighted by Gasteiger charge is -2.33. The molecule has 1 aliphatic carbocycles. The van der Waals surface area contributed by atoms with Gasteiger partial charge in [-0.2, -0.15) is 0 Å².